The maximum atomic E-state index is 12.4. The first-order valence-electron chi connectivity index (χ1n) is 9.88. The summed E-state index contributed by atoms with van der Waals surface area (Å²) in [6.45, 7) is 2.71. The van der Waals surface area contributed by atoms with Crippen molar-refractivity contribution in [3.05, 3.63) is 22.4 Å². The number of piperidine rings is 1. The van der Waals surface area contributed by atoms with Crippen molar-refractivity contribution >= 4 is 29.1 Å². The zero-order valence-corrected chi connectivity index (χ0v) is 16.6. The van der Waals surface area contributed by atoms with Crippen LogP contribution >= 0.6 is 11.3 Å². The van der Waals surface area contributed by atoms with Crippen molar-refractivity contribution in [1.29, 1.82) is 0 Å². The number of ether oxygens (including phenoxy) is 1. The Bertz CT molecular complexity index is 647. The third-order valence-corrected chi connectivity index (χ3v) is 6.32. The van der Waals surface area contributed by atoms with E-state index in [-0.39, 0.29) is 29.7 Å². The van der Waals surface area contributed by atoms with Crippen LogP contribution in [0.1, 0.15) is 61.5 Å². The van der Waals surface area contributed by atoms with Gasteiger partial charge in [-0.3, -0.25) is 14.4 Å². The van der Waals surface area contributed by atoms with Gasteiger partial charge in [0.2, 0.25) is 0 Å². The van der Waals surface area contributed by atoms with Gasteiger partial charge in [-0.25, -0.2) is 0 Å². The lowest BCUT2D eigenvalue weighted by Gasteiger charge is -2.31. The third kappa shape index (κ3) is 5.31. The molecule has 1 atom stereocenters. The number of rotatable bonds is 5. The molecule has 7 heteroatoms. The van der Waals surface area contributed by atoms with Gasteiger partial charge in [0.05, 0.1) is 10.8 Å². The normalized spacial score (nSPS) is 20.1. The Morgan fingerprint density at radius 1 is 1.15 bits per heavy atom. The number of hydrogen-bond donors (Lipinski definition) is 1. The maximum Gasteiger partial charge on any atom is 0.309 e. The molecule has 0 unspecified atom stereocenters. The molecule has 1 aliphatic heterocycles. The molecule has 1 saturated carbocycles. The molecule has 0 spiro atoms. The summed E-state index contributed by atoms with van der Waals surface area (Å²) in [7, 11) is 0. The molecule has 2 aliphatic rings. The van der Waals surface area contributed by atoms with E-state index in [1.165, 1.54) is 17.8 Å². The van der Waals surface area contributed by atoms with Crippen LogP contribution in [0, 0.1) is 5.92 Å². The minimum Gasteiger partial charge on any atom is -0.452 e. The zero-order chi connectivity index (χ0) is 19.2. The lowest BCUT2D eigenvalue weighted by molar-refractivity contribution is -0.160. The average molecular weight is 393 g/mol. The van der Waals surface area contributed by atoms with Crippen LogP contribution in [-0.4, -0.2) is 47.9 Å². The van der Waals surface area contributed by atoms with Crippen LogP contribution in [0.15, 0.2) is 17.5 Å². The molecule has 0 bridgehead atoms. The molecular formula is C20H28N2O4S. The molecule has 148 valence electrons. The molecule has 27 heavy (non-hydrogen) atoms. The van der Waals surface area contributed by atoms with Gasteiger partial charge in [0.15, 0.2) is 6.10 Å². The third-order valence-electron chi connectivity index (χ3n) is 5.46. The lowest BCUT2D eigenvalue weighted by atomic mass is 9.95. The highest BCUT2D eigenvalue weighted by molar-refractivity contribution is 7.12. The van der Waals surface area contributed by atoms with Gasteiger partial charge in [-0.05, 0) is 44.1 Å². The smallest absolute Gasteiger partial charge is 0.309 e. The van der Waals surface area contributed by atoms with Gasteiger partial charge < -0.3 is 15.0 Å². The summed E-state index contributed by atoms with van der Waals surface area (Å²) in [4.78, 5) is 39.5. The topological polar surface area (TPSA) is 75.7 Å². The number of amides is 2. The van der Waals surface area contributed by atoms with Crippen molar-refractivity contribution < 1.29 is 19.1 Å². The van der Waals surface area contributed by atoms with Crippen molar-refractivity contribution in [3.8, 4) is 0 Å². The van der Waals surface area contributed by atoms with E-state index >= 15 is 0 Å². The van der Waals surface area contributed by atoms with Gasteiger partial charge >= 0.3 is 5.97 Å². The fraction of sp³-hybridized carbons (Fsp3) is 0.650. The van der Waals surface area contributed by atoms with Gasteiger partial charge in [-0.1, -0.05) is 25.3 Å². The quantitative estimate of drug-likeness (QED) is 0.782. The standard InChI is InChI=1S/C20H28N2O4S/c1-14(18(23)21-16-6-3-2-4-7-16)26-20(25)15-9-11-22(12-10-15)19(24)17-8-5-13-27-17/h5,8,13-16H,2-4,6-7,9-12H2,1H3,(H,21,23)/t14-/m1/s1. The van der Waals surface area contributed by atoms with Crippen molar-refractivity contribution in [1.82, 2.24) is 10.2 Å². The van der Waals surface area contributed by atoms with E-state index < -0.39 is 6.10 Å². The summed E-state index contributed by atoms with van der Waals surface area (Å²) < 4.78 is 5.41. The van der Waals surface area contributed by atoms with Gasteiger partial charge in [0, 0.05) is 19.1 Å². The first-order valence-corrected chi connectivity index (χ1v) is 10.8. The summed E-state index contributed by atoms with van der Waals surface area (Å²) in [6, 6.07) is 3.89. The number of nitrogens with zero attached hydrogens (tertiary/aromatic N) is 1. The van der Waals surface area contributed by atoms with Crippen LogP contribution < -0.4 is 5.32 Å². The Morgan fingerprint density at radius 3 is 2.48 bits per heavy atom. The van der Waals surface area contributed by atoms with Crippen molar-refractivity contribution in [2.45, 2.75) is 64.0 Å². The Hall–Kier alpha value is -1.89. The maximum absolute atomic E-state index is 12.4. The fourth-order valence-corrected chi connectivity index (χ4v) is 4.45. The Balaban J connectivity index is 1.42. The molecule has 0 radical (unpaired) electrons. The predicted molar refractivity (Wildman–Crippen MR) is 104 cm³/mol. The summed E-state index contributed by atoms with van der Waals surface area (Å²) in [5.41, 5.74) is 0. The minimum absolute atomic E-state index is 0.0250. The number of hydrogen-bond acceptors (Lipinski definition) is 5. The molecule has 6 nitrogen and oxygen atoms in total. The van der Waals surface area contributed by atoms with Gasteiger partial charge in [0.1, 0.15) is 0 Å². The van der Waals surface area contributed by atoms with E-state index in [9.17, 15) is 14.4 Å². The van der Waals surface area contributed by atoms with Crippen LogP contribution in [0.25, 0.3) is 0 Å². The van der Waals surface area contributed by atoms with E-state index in [1.807, 2.05) is 17.5 Å². The second kappa shape index (κ2) is 9.35. The highest BCUT2D eigenvalue weighted by atomic mass is 32.1. The minimum atomic E-state index is -0.773. The number of nitrogens with one attached hydrogen (secondary N) is 1. The van der Waals surface area contributed by atoms with Crippen LogP contribution in [0.5, 0.6) is 0 Å². The van der Waals surface area contributed by atoms with E-state index in [4.69, 9.17) is 4.74 Å². The van der Waals surface area contributed by atoms with Crippen LogP contribution in [-0.2, 0) is 14.3 Å². The van der Waals surface area contributed by atoms with E-state index in [0.29, 0.717) is 25.9 Å². The number of likely N-dealkylation sites (tertiary alicyclic amines) is 1. The number of carbonyl (C=O) groups is 3. The SMILES string of the molecule is C[C@@H](OC(=O)C1CCN(C(=O)c2cccs2)CC1)C(=O)NC1CCCCC1. The molecule has 1 aromatic heterocycles. The second-order valence-corrected chi connectivity index (χ2v) is 8.41. The summed E-state index contributed by atoms with van der Waals surface area (Å²) in [6.07, 6.45) is 5.89. The molecule has 1 aliphatic carbocycles. The summed E-state index contributed by atoms with van der Waals surface area (Å²) in [5, 5.41) is 4.88. The molecule has 1 saturated heterocycles. The molecule has 3 rings (SSSR count). The monoisotopic (exact) mass is 392 g/mol. The van der Waals surface area contributed by atoms with E-state index in [2.05, 4.69) is 5.32 Å². The average Bonchev–Trinajstić information content (AvgIpc) is 3.23. The number of thiophene rings is 1. The van der Waals surface area contributed by atoms with Gasteiger partial charge in [-0.15, -0.1) is 11.3 Å². The fourth-order valence-electron chi connectivity index (χ4n) is 3.76. The molecule has 1 N–H and O–H groups in total. The molecule has 0 aromatic carbocycles. The second-order valence-electron chi connectivity index (χ2n) is 7.47. The van der Waals surface area contributed by atoms with Crippen LogP contribution in [0.4, 0.5) is 0 Å². The van der Waals surface area contributed by atoms with Crippen molar-refractivity contribution in [3.63, 3.8) is 0 Å². The Labute approximate surface area is 164 Å². The molecule has 1 aromatic rings. The van der Waals surface area contributed by atoms with Crippen molar-refractivity contribution in [2.24, 2.45) is 5.92 Å². The molecule has 2 amide bonds. The summed E-state index contributed by atoms with van der Waals surface area (Å²) >= 11 is 1.43. The van der Waals surface area contributed by atoms with E-state index in [0.717, 1.165) is 30.6 Å². The Morgan fingerprint density at radius 2 is 1.85 bits per heavy atom. The van der Waals surface area contributed by atoms with Gasteiger partial charge in [0.25, 0.3) is 11.8 Å². The summed E-state index contributed by atoms with van der Waals surface area (Å²) in [5.74, 6) is -0.760. The Kier molecular flexibility index (Phi) is 6.88. The largest absolute Gasteiger partial charge is 0.452 e. The molecular weight excluding hydrogens is 364 g/mol. The molecule has 2 heterocycles. The molecule has 2 fully saturated rings. The lowest BCUT2D eigenvalue weighted by Crippen LogP contribution is -2.44. The predicted octanol–water partition coefficient (Wildman–Crippen LogP) is 2.98. The number of esters is 1. The van der Waals surface area contributed by atoms with E-state index in [1.54, 1.807) is 11.8 Å². The van der Waals surface area contributed by atoms with Crippen LogP contribution in [0.2, 0.25) is 0 Å². The highest BCUT2D eigenvalue weighted by Crippen LogP contribution is 2.22. The first-order chi connectivity index (χ1) is 13.0. The van der Waals surface area contributed by atoms with Crippen molar-refractivity contribution in [2.75, 3.05) is 13.1 Å². The number of carbonyl (C=O) groups excluding carboxylic acids is 3. The zero-order valence-electron chi connectivity index (χ0n) is 15.8. The van der Waals surface area contributed by atoms with Gasteiger partial charge in [-0.2, -0.15) is 0 Å². The first kappa shape index (κ1) is 19.9. The highest BCUT2D eigenvalue weighted by Gasteiger charge is 2.31. The van der Waals surface area contributed by atoms with Crippen LogP contribution in [0.3, 0.4) is 0 Å².